The number of phenols is 1. The van der Waals surface area contributed by atoms with Crippen LogP contribution in [-0.4, -0.2) is 36.7 Å². The lowest BCUT2D eigenvalue weighted by atomic mass is 9.71. The fraction of sp³-hybridized carbons (Fsp3) is 0.273. The number of allylic oxidation sites excluding steroid dienone is 3. The van der Waals surface area contributed by atoms with Gasteiger partial charge in [0.05, 0.1) is 17.2 Å². The summed E-state index contributed by atoms with van der Waals surface area (Å²) >= 11 is 12.5. The van der Waals surface area contributed by atoms with E-state index in [9.17, 15) is 14.7 Å². The van der Waals surface area contributed by atoms with Crippen molar-refractivity contribution in [1.29, 1.82) is 0 Å². The predicted molar refractivity (Wildman–Crippen MR) is 161 cm³/mol. The minimum atomic E-state index is -0.778. The molecule has 0 fully saturated rings. The SMILES string of the molecule is CCOc1cc(C2C(C(=O)OCCOc3ccccc3)=C(C)NC3=C2C(=O)CC(c2ccc(Cl)cc2)C3)cc(Cl)c1O. The fourth-order valence-corrected chi connectivity index (χ4v) is 5.87. The highest BCUT2D eigenvalue weighted by atomic mass is 35.5. The number of dihydropyridines is 1. The molecule has 0 amide bonds. The summed E-state index contributed by atoms with van der Waals surface area (Å²) in [5.41, 5.74) is 3.62. The Morgan fingerprint density at radius 3 is 2.43 bits per heavy atom. The molecule has 2 atom stereocenters. The minimum absolute atomic E-state index is 0.0102. The van der Waals surface area contributed by atoms with Crippen LogP contribution >= 0.6 is 23.2 Å². The van der Waals surface area contributed by atoms with Gasteiger partial charge in [0.15, 0.2) is 17.3 Å². The summed E-state index contributed by atoms with van der Waals surface area (Å²) in [4.78, 5) is 27.5. The number of ether oxygens (including phenoxy) is 3. The van der Waals surface area contributed by atoms with Gasteiger partial charge in [0.2, 0.25) is 0 Å². The van der Waals surface area contributed by atoms with E-state index in [0.717, 1.165) is 11.3 Å². The van der Waals surface area contributed by atoms with Gasteiger partial charge in [-0.15, -0.1) is 0 Å². The van der Waals surface area contributed by atoms with Gasteiger partial charge in [0.1, 0.15) is 19.0 Å². The van der Waals surface area contributed by atoms with E-state index >= 15 is 0 Å². The average molecular weight is 609 g/mol. The molecular weight excluding hydrogens is 577 g/mol. The van der Waals surface area contributed by atoms with Crippen LogP contribution in [0.3, 0.4) is 0 Å². The van der Waals surface area contributed by atoms with Gasteiger partial charge in [0.25, 0.3) is 0 Å². The second-order valence-electron chi connectivity index (χ2n) is 10.1. The van der Waals surface area contributed by atoms with Crippen LogP contribution in [-0.2, 0) is 14.3 Å². The molecule has 5 rings (SSSR count). The molecule has 9 heteroatoms. The molecule has 7 nitrogen and oxygen atoms in total. The summed E-state index contributed by atoms with van der Waals surface area (Å²) in [6.07, 6.45) is 0.822. The summed E-state index contributed by atoms with van der Waals surface area (Å²) in [6.45, 7) is 4.04. The van der Waals surface area contributed by atoms with Gasteiger partial charge >= 0.3 is 5.97 Å². The molecule has 0 bridgehead atoms. The molecule has 3 aromatic carbocycles. The van der Waals surface area contributed by atoms with Crippen molar-refractivity contribution in [2.75, 3.05) is 19.8 Å². The summed E-state index contributed by atoms with van der Waals surface area (Å²) in [5, 5.41) is 14.5. The van der Waals surface area contributed by atoms with Crippen molar-refractivity contribution in [1.82, 2.24) is 5.32 Å². The van der Waals surface area contributed by atoms with E-state index in [4.69, 9.17) is 37.4 Å². The van der Waals surface area contributed by atoms with Gasteiger partial charge in [-0.25, -0.2) is 4.79 Å². The molecule has 0 saturated carbocycles. The molecule has 0 radical (unpaired) electrons. The normalized spacial score (nSPS) is 18.3. The van der Waals surface area contributed by atoms with Gasteiger partial charge in [-0.1, -0.05) is 53.5 Å². The zero-order valence-corrected chi connectivity index (χ0v) is 24.8. The minimum Gasteiger partial charge on any atom is -0.503 e. The largest absolute Gasteiger partial charge is 0.503 e. The number of carbonyl (C=O) groups excluding carboxylic acids is 2. The van der Waals surface area contributed by atoms with Crippen LogP contribution in [0, 0.1) is 0 Å². The first kappa shape index (κ1) is 29.5. The number of para-hydroxylation sites is 1. The van der Waals surface area contributed by atoms with Crippen molar-refractivity contribution in [2.45, 2.75) is 38.5 Å². The summed E-state index contributed by atoms with van der Waals surface area (Å²) in [7, 11) is 0. The van der Waals surface area contributed by atoms with Gasteiger partial charge in [-0.05, 0) is 73.7 Å². The first-order valence-corrected chi connectivity index (χ1v) is 14.5. The monoisotopic (exact) mass is 607 g/mol. The molecular formula is C33H31Cl2NO6. The Kier molecular flexibility index (Phi) is 9.09. The standard InChI is InChI=1S/C33H31Cl2NO6/c1-3-40-28-18-22(15-25(35)32(28)38)30-29(33(39)42-14-13-41-24-7-5-4-6-8-24)19(2)36-26-16-21(17-27(37)31(26)30)20-9-11-23(34)12-10-20/h4-12,15,18,21,30,36,38H,3,13-14,16-17H2,1-2H3. The number of benzene rings is 3. The number of ketones is 1. The van der Waals surface area contributed by atoms with Gasteiger partial charge in [-0.2, -0.15) is 0 Å². The molecule has 1 aliphatic heterocycles. The maximum atomic E-state index is 13.9. The van der Waals surface area contributed by atoms with Gasteiger partial charge < -0.3 is 24.6 Å². The fourth-order valence-electron chi connectivity index (χ4n) is 5.53. The van der Waals surface area contributed by atoms with E-state index in [1.54, 1.807) is 26.0 Å². The third kappa shape index (κ3) is 6.27. The summed E-state index contributed by atoms with van der Waals surface area (Å²) < 4.78 is 17.0. The van der Waals surface area contributed by atoms with Crippen LogP contribution < -0.4 is 14.8 Å². The third-order valence-electron chi connectivity index (χ3n) is 7.40. The Morgan fingerprint density at radius 2 is 1.71 bits per heavy atom. The number of halogens is 2. The number of rotatable bonds is 9. The lowest BCUT2D eigenvalue weighted by Crippen LogP contribution is -2.36. The highest BCUT2D eigenvalue weighted by Crippen LogP contribution is 2.48. The molecule has 2 unspecified atom stereocenters. The number of carbonyl (C=O) groups is 2. The molecule has 42 heavy (non-hydrogen) atoms. The Bertz CT molecular complexity index is 1550. The van der Waals surface area contributed by atoms with Crippen molar-refractivity contribution in [3.63, 3.8) is 0 Å². The van der Waals surface area contributed by atoms with Crippen LogP contribution in [0.4, 0.5) is 0 Å². The van der Waals surface area contributed by atoms with Crippen molar-refractivity contribution in [3.05, 3.63) is 110 Å². The Balaban J connectivity index is 1.48. The Hall–Kier alpha value is -3.94. The Morgan fingerprint density at radius 1 is 0.976 bits per heavy atom. The molecule has 218 valence electrons. The van der Waals surface area contributed by atoms with E-state index in [-0.39, 0.29) is 53.4 Å². The van der Waals surface area contributed by atoms with Gasteiger partial charge in [0, 0.05) is 34.3 Å². The molecule has 0 spiro atoms. The highest BCUT2D eigenvalue weighted by molar-refractivity contribution is 6.32. The maximum absolute atomic E-state index is 13.9. The Labute approximate surface area is 254 Å². The number of phenolic OH excluding ortho intramolecular Hbond substituents is 1. The first-order valence-electron chi connectivity index (χ1n) is 13.8. The quantitative estimate of drug-likeness (QED) is 0.198. The molecule has 0 aromatic heterocycles. The molecule has 1 heterocycles. The van der Waals surface area contributed by atoms with Crippen LogP contribution in [0.25, 0.3) is 0 Å². The van der Waals surface area contributed by atoms with Crippen molar-refractivity contribution in [3.8, 4) is 17.2 Å². The molecule has 3 aromatic rings. The second-order valence-corrected chi connectivity index (χ2v) is 11.0. The molecule has 0 saturated heterocycles. The van der Waals surface area contributed by atoms with E-state index in [1.807, 2.05) is 54.6 Å². The summed E-state index contributed by atoms with van der Waals surface area (Å²) in [6, 6.07) is 19.9. The van der Waals surface area contributed by atoms with E-state index < -0.39 is 11.9 Å². The molecule has 1 aliphatic carbocycles. The highest BCUT2D eigenvalue weighted by Gasteiger charge is 2.42. The van der Waals surface area contributed by atoms with Crippen molar-refractivity contribution >= 4 is 35.0 Å². The number of hydrogen-bond donors (Lipinski definition) is 2. The van der Waals surface area contributed by atoms with Crippen LogP contribution in [0.2, 0.25) is 10.0 Å². The van der Waals surface area contributed by atoms with Crippen molar-refractivity contribution < 1.29 is 28.9 Å². The molecule has 2 N–H and O–H groups in total. The van der Waals surface area contributed by atoms with E-state index in [1.165, 1.54) is 0 Å². The van der Waals surface area contributed by atoms with E-state index in [2.05, 4.69) is 5.32 Å². The topological polar surface area (TPSA) is 94.1 Å². The van der Waals surface area contributed by atoms with Crippen LogP contribution in [0.5, 0.6) is 17.2 Å². The number of nitrogens with one attached hydrogen (secondary N) is 1. The smallest absolute Gasteiger partial charge is 0.336 e. The lowest BCUT2D eigenvalue weighted by molar-refractivity contribution is -0.140. The first-order chi connectivity index (χ1) is 20.3. The van der Waals surface area contributed by atoms with Crippen LogP contribution in [0.15, 0.2) is 89.3 Å². The molecule has 2 aliphatic rings. The third-order valence-corrected chi connectivity index (χ3v) is 7.94. The predicted octanol–water partition coefficient (Wildman–Crippen LogP) is 7.08. The summed E-state index contributed by atoms with van der Waals surface area (Å²) in [5.74, 6) is -0.874. The number of aromatic hydroxyl groups is 1. The lowest BCUT2D eigenvalue weighted by Gasteiger charge is -2.37. The van der Waals surface area contributed by atoms with Gasteiger partial charge in [-0.3, -0.25) is 4.79 Å². The average Bonchev–Trinajstić information content (AvgIpc) is 2.97. The maximum Gasteiger partial charge on any atom is 0.336 e. The van der Waals surface area contributed by atoms with Crippen LogP contribution in [0.1, 0.15) is 49.7 Å². The second kappa shape index (κ2) is 12.9. The zero-order chi connectivity index (χ0) is 29.8. The van der Waals surface area contributed by atoms with Crippen molar-refractivity contribution in [2.24, 2.45) is 0 Å². The number of esters is 1. The number of hydrogen-bond acceptors (Lipinski definition) is 7. The van der Waals surface area contributed by atoms with E-state index in [0.29, 0.717) is 40.6 Å². The number of Topliss-reactive ketones (excluding diaryl/α,β-unsaturated/α-hetero) is 1. The zero-order valence-electron chi connectivity index (χ0n) is 23.3.